The highest BCUT2D eigenvalue weighted by atomic mass is 16.3. The lowest BCUT2D eigenvalue weighted by Gasteiger charge is -2.44. The number of allylic oxidation sites excluding steroid dienone is 3. The van der Waals surface area contributed by atoms with E-state index in [4.69, 9.17) is 8.22 Å². The lowest BCUT2D eigenvalue weighted by Crippen LogP contribution is -2.36. The molecular weight excluding hydrogens is 372 g/mol. The zero-order valence-electron chi connectivity index (χ0n) is 24.7. The summed E-state index contributed by atoms with van der Waals surface area (Å²) in [6.07, 6.45) is 10.0. The highest BCUT2D eigenvalue weighted by molar-refractivity contribution is 5.38. The standard InChI is InChI=1S/C27H44O3/c1-18(8-6-14-26(3,4)30)23-12-13-24-20(9-7-15-27(23,24)5)10-11-21-16-22(28)17-25(29)19(21)2/h10-11,18,22-25,28-30H,2,6-9,12-17H2,1,3-5H3/b20-10-,21-11+/t18?,22-,23?,24-,25-,27+/m0/s1/i3D3,4D3. The third-order valence-electron chi connectivity index (χ3n) is 8.19. The van der Waals surface area contributed by atoms with E-state index >= 15 is 0 Å². The lowest BCUT2D eigenvalue weighted by molar-refractivity contribution is 0.0596. The fourth-order valence-corrected chi connectivity index (χ4v) is 6.56. The molecule has 0 radical (unpaired) electrons. The third kappa shape index (κ3) is 5.29. The maximum Gasteiger partial charge on any atom is 0.0811 e. The monoisotopic (exact) mass is 422 g/mol. The van der Waals surface area contributed by atoms with Crippen LogP contribution in [-0.4, -0.2) is 33.1 Å². The van der Waals surface area contributed by atoms with Crippen LogP contribution in [0.25, 0.3) is 0 Å². The molecule has 170 valence electrons. The van der Waals surface area contributed by atoms with Gasteiger partial charge in [0.1, 0.15) is 0 Å². The maximum absolute atomic E-state index is 10.6. The Morgan fingerprint density at radius 2 is 2.07 bits per heavy atom. The van der Waals surface area contributed by atoms with Crippen molar-refractivity contribution in [3.05, 3.63) is 35.5 Å². The molecule has 0 aromatic carbocycles. The Labute approximate surface area is 192 Å². The second-order valence-electron chi connectivity index (χ2n) is 10.4. The molecule has 0 saturated heterocycles. The summed E-state index contributed by atoms with van der Waals surface area (Å²) < 4.78 is 45.6. The van der Waals surface area contributed by atoms with Gasteiger partial charge in [0, 0.05) is 14.6 Å². The smallest absolute Gasteiger partial charge is 0.0811 e. The molecule has 3 N–H and O–H groups in total. The van der Waals surface area contributed by atoms with Crippen molar-refractivity contribution in [3.8, 4) is 0 Å². The highest BCUT2D eigenvalue weighted by Gasteiger charge is 2.50. The largest absolute Gasteiger partial charge is 0.393 e. The predicted molar refractivity (Wildman–Crippen MR) is 124 cm³/mol. The molecule has 3 saturated carbocycles. The summed E-state index contributed by atoms with van der Waals surface area (Å²) in [7, 11) is 0. The SMILES string of the molecule is [2H]C([2H])([2H])C(O)(CCCC(C)C1CC[C@H]2/C(=C\C=C3/C[C@H](O)C[C@H](O)C3=C)CCC[C@]12C)C([2H])([2H])[2H]. The molecule has 3 fully saturated rings. The summed E-state index contributed by atoms with van der Waals surface area (Å²) in [4.78, 5) is 0. The van der Waals surface area contributed by atoms with Crippen molar-refractivity contribution in [1.29, 1.82) is 0 Å². The molecule has 0 aromatic heterocycles. The maximum atomic E-state index is 10.6. The molecule has 0 bridgehead atoms. The van der Waals surface area contributed by atoms with Gasteiger partial charge in [-0.3, -0.25) is 0 Å². The molecule has 0 amide bonds. The van der Waals surface area contributed by atoms with Gasteiger partial charge in [-0.25, -0.2) is 0 Å². The molecule has 30 heavy (non-hydrogen) atoms. The zero-order valence-corrected chi connectivity index (χ0v) is 18.7. The van der Waals surface area contributed by atoms with Gasteiger partial charge >= 0.3 is 0 Å². The summed E-state index contributed by atoms with van der Waals surface area (Å²) in [5, 5.41) is 30.8. The highest BCUT2D eigenvalue weighted by Crippen LogP contribution is 2.60. The van der Waals surface area contributed by atoms with Gasteiger partial charge < -0.3 is 15.3 Å². The van der Waals surface area contributed by atoms with Crippen LogP contribution in [0.2, 0.25) is 0 Å². The third-order valence-corrected chi connectivity index (χ3v) is 8.19. The van der Waals surface area contributed by atoms with Crippen molar-refractivity contribution in [2.75, 3.05) is 0 Å². The van der Waals surface area contributed by atoms with E-state index in [0.717, 1.165) is 37.7 Å². The number of hydrogen-bond acceptors (Lipinski definition) is 3. The van der Waals surface area contributed by atoms with Gasteiger partial charge in [0.15, 0.2) is 0 Å². The van der Waals surface area contributed by atoms with Crippen LogP contribution in [0, 0.1) is 23.2 Å². The van der Waals surface area contributed by atoms with Crippen molar-refractivity contribution in [2.24, 2.45) is 23.2 Å². The van der Waals surface area contributed by atoms with Crippen molar-refractivity contribution in [1.82, 2.24) is 0 Å². The fraction of sp³-hybridized carbons (Fsp3) is 0.778. The van der Waals surface area contributed by atoms with E-state index in [1.54, 1.807) is 0 Å². The van der Waals surface area contributed by atoms with Crippen LogP contribution in [0.5, 0.6) is 0 Å². The van der Waals surface area contributed by atoms with Gasteiger partial charge in [-0.05, 0) is 93.0 Å². The molecule has 3 rings (SSSR count). The first kappa shape index (κ1) is 16.7. The molecule has 0 heterocycles. The van der Waals surface area contributed by atoms with Crippen LogP contribution in [0.15, 0.2) is 35.5 Å². The fourth-order valence-electron chi connectivity index (χ4n) is 6.56. The molecule has 0 aliphatic heterocycles. The van der Waals surface area contributed by atoms with Crippen LogP contribution < -0.4 is 0 Å². The minimum absolute atomic E-state index is 0.120. The van der Waals surface area contributed by atoms with Gasteiger partial charge in [0.2, 0.25) is 0 Å². The van der Waals surface area contributed by atoms with Crippen LogP contribution >= 0.6 is 0 Å². The summed E-state index contributed by atoms with van der Waals surface area (Å²) in [5.74, 6) is 1.18. The van der Waals surface area contributed by atoms with E-state index in [0.29, 0.717) is 49.0 Å². The number of aliphatic hydroxyl groups excluding tert-OH is 2. The normalized spacial score (nSPS) is 42.6. The molecule has 3 heteroatoms. The molecule has 2 unspecified atom stereocenters. The Morgan fingerprint density at radius 1 is 1.30 bits per heavy atom. The van der Waals surface area contributed by atoms with Crippen LogP contribution in [0.3, 0.4) is 0 Å². The number of aliphatic hydroxyl groups is 3. The average Bonchev–Trinajstić information content (AvgIpc) is 3.11. The Bertz CT molecular complexity index is 860. The molecule has 3 aliphatic carbocycles. The van der Waals surface area contributed by atoms with Crippen molar-refractivity contribution in [3.63, 3.8) is 0 Å². The summed E-state index contributed by atoms with van der Waals surface area (Å²) in [6, 6.07) is 0. The first-order valence-electron chi connectivity index (χ1n) is 14.7. The van der Waals surface area contributed by atoms with Crippen LogP contribution in [0.4, 0.5) is 0 Å². The second kappa shape index (κ2) is 9.30. The van der Waals surface area contributed by atoms with E-state index in [1.165, 1.54) is 5.57 Å². The van der Waals surface area contributed by atoms with Crippen molar-refractivity contribution < 1.29 is 23.5 Å². The van der Waals surface area contributed by atoms with E-state index < -0.39 is 31.5 Å². The zero-order chi connectivity index (χ0) is 27.1. The Balaban J connectivity index is 1.69. The second-order valence-corrected chi connectivity index (χ2v) is 10.4. The van der Waals surface area contributed by atoms with Crippen molar-refractivity contribution in [2.45, 2.75) is 110 Å². The summed E-state index contributed by atoms with van der Waals surface area (Å²) in [5.41, 5.74) is 0.463. The average molecular weight is 423 g/mol. The van der Waals surface area contributed by atoms with E-state index in [9.17, 15) is 15.3 Å². The topological polar surface area (TPSA) is 60.7 Å². The molecule has 6 atom stereocenters. The number of hydrogen-bond donors (Lipinski definition) is 3. The van der Waals surface area contributed by atoms with E-state index in [1.807, 2.05) is 6.08 Å². The van der Waals surface area contributed by atoms with E-state index in [-0.39, 0.29) is 11.8 Å². The van der Waals surface area contributed by atoms with Gasteiger partial charge in [0.05, 0.1) is 17.8 Å². The quantitative estimate of drug-likeness (QED) is 0.514. The van der Waals surface area contributed by atoms with Gasteiger partial charge in [-0.1, -0.05) is 51.0 Å². The first-order chi connectivity index (χ1) is 16.5. The molecule has 0 aromatic rings. The molecular formula is C27H44O3. The van der Waals surface area contributed by atoms with Crippen molar-refractivity contribution >= 4 is 0 Å². The molecule has 3 nitrogen and oxygen atoms in total. The summed E-state index contributed by atoms with van der Waals surface area (Å²) in [6.45, 7) is 2.64. The van der Waals surface area contributed by atoms with Crippen LogP contribution in [0.1, 0.15) is 100.0 Å². The Kier molecular flexibility index (Phi) is 5.18. The minimum Gasteiger partial charge on any atom is -0.393 e. The van der Waals surface area contributed by atoms with Gasteiger partial charge in [-0.15, -0.1) is 0 Å². The van der Waals surface area contributed by atoms with E-state index in [2.05, 4.69) is 26.5 Å². The Hall–Kier alpha value is -0.900. The summed E-state index contributed by atoms with van der Waals surface area (Å²) >= 11 is 0. The number of rotatable bonds is 6. The minimum atomic E-state index is -2.96. The first-order valence-corrected chi connectivity index (χ1v) is 11.7. The van der Waals surface area contributed by atoms with Gasteiger partial charge in [-0.2, -0.15) is 0 Å². The number of fused-ring (bicyclic) bond motifs is 1. The molecule has 3 aliphatic rings. The van der Waals surface area contributed by atoms with Gasteiger partial charge in [0.25, 0.3) is 0 Å². The molecule has 0 spiro atoms. The van der Waals surface area contributed by atoms with Crippen LogP contribution in [-0.2, 0) is 0 Å². The Morgan fingerprint density at radius 3 is 2.80 bits per heavy atom. The lowest BCUT2D eigenvalue weighted by atomic mass is 9.60. The predicted octanol–water partition coefficient (Wildman–Crippen LogP) is 5.70.